The molecule has 3 heteroatoms. The largest absolute Gasteiger partial charge is 0.492 e. The Morgan fingerprint density at radius 2 is 2.38 bits per heavy atom. The lowest BCUT2D eigenvalue weighted by molar-refractivity contribution is 0.260. The second-order valence-electron chi connectivity index (χ2n) is 4.29. The zero-order valence-electron chi connectivity index (χ0n) is 9.63. The van der Waals surface area contributed by atoms with Gasteiger partial charge in [-0.2, -0.15) is 0 Å². The molecule has 1 aliphatic rings. The molecule has 0 spiro atoms. The highest BCUT2D eigenvalue weighted by Gasteiger charge is 2.15. The second kappa shape index (κ2) is 5.55. The lowest BCUT2D eigenvalue weighted by Crippen LogP contribution is -2.15. The molecule has 1 N–H and O–H groups in total. The predicted octanol–water partition coefficient (Wildman–Crippen LogP) is 2.89. The quantitative estimate of drug-likeness (QED) is 0.873. The van der Waals surface area contributed by atoms with Crippen molar-refractivity contribution in [3.05, 3.63) is 28.8 Å². The van der Waals surface area contributed by atoms with Gasteiger partial charge in [-0.15, -0.1) is 0 Å². The van der Waals surface area contributed by atoms with E-state index in [1.165, 1.54) is 12.0 Å². The van der Waals surface area contributed by atoms with Crippen molar-refractivity contribution in [3.8, 4) is 5.75 Å². The molecule has 0 aliphatic carbocycles. The summed E-state index contributed by atoms with van der Waals surface area (Å²) < 4.78 is 5.75. The Balaban J connectivity index is 1.93. The van der Waals surface area contributed by atoms with Gasteiger partial charge in [-0.3, -0.25) is 0 Å². The van der Waals surface area contributed by atoms with Crippen LogP contribution in [-0.4, -0.2) is 19.7 Å². The van der Waals surface area contributed by atoms with E-state index in [0.717, 1.165) is 36.9 Å². The standard InChI is InChI=1S/C13H18ClNO/c1-2-10-3-4-13(12(14)7-10)16-9-11-5-6-15-8-11/h3-4,7,11,15H,2,5-6,8-9H2,1H3/t11-/m0/s1. The van der Waals surface area contributed by atoms with E-state index in [1.807, 2.05) is 12.1 Å². The Hall–Kier alpha value is -0.730. The van der Waals surface area contributed by atoms with Crippen LogP contribution in [0.4, 0.5) is 0 Å². The SMILES string of the molecule is CCc1ccc(OC[C@H]2CCNC2)c(Cl)c1. The zero-order chi connectivity index (χ0) is 11.4. The van der Waals surface area contributed by atoms with Crippen molar-refractivity contribution in [1.29, 1.82) is 0 Å². The van der Waals surface area contributed by atoms with Gasteiger partial charge in [0.25, 0.3) is 0 Å². The van der Waals surface area contributed by atoms with Gasteiger partial charge in [0.1, 0.15) is 5.75 Å². The van der Waals surface area contributed by atoms with Gasteiger partial charge in [-0.25, -0.2) is 0 Å². The number of hydrogen-bond acceptors (Lipinski definition) is 2. The fraction of sp³-hybridized carbons (Fsp3) is 0.538. The molecule has 0 unspecified atom stereocenters. The lowest BCUT2D eigenvalue weighted by Gasteiger charge is -2.12. The van der Waals surface area contributed by atoms with E-state index in [0.29, 0.717) is 5.92 Å². The molecule has 1 fully saturated rings. The predicted molar refractivity (Wildman–Crippen MR) is 67.3 cm³/mol. The molecular weight excluding hydrogens is 222 g/mol. The topological polar surface area (TPSA) is 21.3 Å². The number of ether oxygens (including phenoxy) is 1. The van der Waals surface area contributed by atoms with E-state index >= 15 is 0 Å². The maximum atomic E-state index is 6.15. The minimum Gasteiger partial charge on any atom is -0.492 e. The lowest BCUT2D eigenvalue weighted by atomic mass is 10.1. The maximum Gasteiger partial charge on any atom is 0.137 e. The molecule has 2 rings (SSSR count). The van der Waals surface area contributed by atoms with Crippen LogP contribution in [0.15, 0.2) is 18.2 Å². The third kappa shape index (κ3) is 2.89. The second-order valence-corrected chi connectivity index (χ2v) is 4.70. The molecule has 1 aromatic rings. The molecule has 1 saturated heterocycles. The number of aryl methyl sites for hydroxylation is 1. The van der Waals surface area contributed by atoms with E-state index in [1.54, 1.807) is 0 Å². The van der Waals surface area contributed by atoms with Crippen molar-refractivity contribution in [2.45, 2.75) is 19.8 Å². The van der Waals surface area contributed by atoms with Crippen molar-refractivity contribution in [3.63, 3.8) is 0 Å². The summed E-state index contributed by atoms with van der Waals surface area (Å²) in [4.78, 5) is 0. The van der Waals surface area contributed by atoms with Crippen molar-refractivity contribution < 1.29 is 4.74 Å². The smallest absolute Gasteiger partial charge is 0.137 e. The molecule has 1 atom stereocenters. The highest BCUT2D eigenvalue weighted by Crippen LogP contribution is 2.26. The third-order valence-electron chi connectivity index (χ3n) is 3.04. The Morgan fingerprint density at radius 3 is 3.00 bits per heavy atom. The molecule has 1 heterocycles. The number of nitrogens with one attached hydrogen (secondary N) is 1. The summed E-state index contributed by atoms with van der Waals surface area (Å²) in [6.07, 6.45) is 2.21. The van der Waals surface area contributed by atoms with E-state index in [9.17, 15) is 0 Å². The number of rotatable bonds is 4. The summed E-state index contributed by atoms with van der Waals surface area (Å²) in [7, 11) is 0. The van der Waals surface area contributed by atoms with E-state index < -0.39 is 0 Å². The van der Waals surface area contributed by atoms with Crippen molar-refractivity contribution in [2.24, 2.45) is 5.92 Å². The van der Waals surface area contributed by atoms with Crippen molar-refractivity contribution >= 4 is 11.6 Å². The number of halogens is 1. The molecule has 0 aromatic heterocycles. The minimum absolute atomic E-state index is 0.627. The number of benzene rings is 1. The Morgan fingerprint density at radius 1 is 1.50 bits per heavy atom. The van der Waals surface area contributed by atoms with Gasteiger partial charge < -0.3 is 10.1 Å². The molecule has 1 aromatic carbocycles. The monoisotopic (exact) mass is 239 g/mol. The van der Waals surface area contributed by atoms with Crippen LogP contribution in [0, 0.1) is 5.92 Å². The molecule has 2 nitrogen and oxygen atoms in total. The van der Waals surface area contributed by atoms with Gasteiger partial charge in [0.05, 0.1) is 11.6 Å². The molecular formula is C13H18ClNO. The highest BCUT2D eigenvalue weighted by molar-refractivity contribution is 6.32. The van der Waals surface area contributed by atoms with Gasteiger partial charge in [0.15, 0.2) is 0 Å². The molecule has 1 aliphatic heterocycles. The first-order chi connectivity index (χ1) is 7.79. The first-order valence-electron chi connectivity index (χ1n) is 5.91. The molecule has 0 bridgehead atoms. The fourth-order valence-electron chi connectivity index (χ4n) is 1.95. The summed E-state index contributed by atoms with van der Waals surface area (Å²) >= 11 is 6.15. The summed E-state index contributed by atoms with van der Waals surface area (Å²) in [6, 6.07) is 6.04. The summed E-state index contributed by atoms with van der Waals surface area (Å²) in [5.74, 6) is 1.44. The Bertz CT molecular complexity index is 348. The Labute approximate surface area is 102 Å². The van der Waals surface area contributed by atoms with Crippen LogP contribution in [0.1, 0.15) is 18.9 Å². The van der Waals surface area contributed by atoms with Crippen LogP contribution >= 0.6 is 11.6 Å². The van der Waals surface area contributed by atoms with E-state index in [4.69, 9.17) is 16.3 Å². The number of hydrogen-bond donors (Lipinski definition) is 1. The van der Waals surface area contributed by atoms with Crippen LogP contribution in [0.25, 0.3) is 0 Å². The van der Waals surface area contributed by atoms with Crippen molar-refractivity contribution in [2.75, 3.05) is 19.7 Å². The summed E-state index contributed by atoms with van der Waals surface area (Å²) in [5.41, 5.74) is 1.25. The van der Waals surface area contributed by atoms with Gasteiger partial charge in [0.2, 0.25) is 0 Å². The molecule has 88 valence electrons. The normalized spacial score (nSPS) is 20.0. The van der Waals surface area contributed by atoms with E-state index in [2.05, 4.69) is 18.3 Å². The fourth-order valence-corrected chi connectivity index (χ4v) is 2.20. The van der Waals surface area contributed by atoms with Gasteiger partial charge in [-0.05, 0) is 37.1 Å². The Kier molecular flexibility index (Phi) is 4.08. The molecule has 0 amide bonds. The van der Waals surface area contributed by atoms with Crippen LogP contribution in [0.5, 0.6) is 5.75 Å². The summed E-state index contributed by atoms with van der Waals surface area (Å²) in [5, 5.41) is 4.06. The van der Waals surface area contributed by atoms with Crippen LogP contribution < -0.4 is 10.1 Å². The minimum atomic E-state index is 0.627. The summed E-state index contributed by atoms with van der Waals surface area (Å²) in [6.45, 7) is 5.05. The highest BCUT2D eigenvalue weighted by atomic mass is 35.5. The van der Waals surface area contributed by atoms with Crippen LogP contribution in [0.3, 0.4) is 0 Å². The first-order valence-corrected chi connectivity index (χ1v) is 6.29. The molecule has 16 heavy (non-hydrogen) atoms. The molecule has 0 saturated carbocycles. The van der Waals surface area contributed by atoms with Gasteiger partial charge >= 0.3 is 0 Å². The van der Waals surface area contributed by atoms with Crippen LogP contribution in [0.2, 0.25) is 5.02 Å². The first kappa shape index (κ1) is 11.7. The van der Waals surface area contributed by atoms with E-state index in [-0.39, 0.29) is 0 Å². The van der Waals surface area contributed by atoms with Gasteiger partial charge in [-0.1, -0.05) is 24.6 Å². The van der Waals surface area contributed by atoms with Gasteiger partial charge in [0, 0.05) is 12.5 Å². The zero-order valence-corrected chi connectivity index (χ0v) is 10.4. The average Bonchev–Trinajstić information content (AvgIpc) is 2.80. The van der Waals surface area contributed by atoms with Crippen LogP contribution in [-0.2, 0) is 6.42 Å². The third-order valence-corrected chi connectivity index (χ3v) is 3.34. The maximum absolute atomic E-state index is 6.15. The van der Waals surface area contributed by atoms with Crippen molar-refractivity contribution in [1.82, 2.24) is 5.32 Å². The molecule has 0 radical (unpaired) electrons. The average molecular weight is 240 g/mol.